The molecule has 0 aliphatic heterocycles. The Morgan fingerprint density at radius 3 is 1.13 bits per heavy atom. The molecule has 3 N–H and O–H groups in total. The summed E-state index contributed by atoms with van der Waals surface area (Å²) < 4.78 is 5.47. The van der Waals surface area contributed by atoms with Crippen LogP contribution in [0.25, 0.3) is 0 Å². The average molecular weight is 1000 g/mol. The zero-order valence-corrected chi connectivity index (χ0v) is 48.0. The number of carbonyl (C=O) groups is 2. The summed E-state index contributed by atoms with van der Waals surface area (Å²) in [6, 6.07) is -0.538. The highest BCUT2D eigenvalue weighted by atomic mass is 16.5. The van der Waals surface area contributed by atoms with Crippen molar-refractivity contribution in [2.45, 2.75) is 366 Å². The molecule has 1 amide bonds. The molecule has 0 rings (SSSR count). The van der Waals surface area contributed by atoms with Gasteiger partial charge in [-0.2, -0.15) is 0 Å². The van der Waals surface area contributed by atoms with Gasteiger partial charge < -0.3 is 20.3 Å². The molecule has 0 aliphatic carbocycles. The molecule has 0 saturated carbocycles. The molecule has 0 aromatic carbocycles. The lowest BCUT2D eigenvalue weighted by Crippen LogP contribution is -2.45. The van der Waals surface area contributed by atoms with E-state index in [-0.39, 0.29) is 18.5 Å². The van der Waals surface area contributed by atoms with Crippen LogP contribution in [0.5, 0.6) is 0 Å². The predicted octanol–water partition coefficient (Wildman–Crippen LogP) is 20.2. The van der Waals surface area contributed by atoms with Crippen molar-refractivity contribution in [3.8, 4) is 0 Å². The molecule has 6 heteroatoms. The number of rotatable bonds is 60. The van der Waals surface area contributed by atoms with Gasteiger partial charge in [-0.3, -0.25) is 9.59 Å². The maximum absolute atomic E-state index is 12.5. The van der Waals surface area contributed by atoms with Gasteiger partial charge in [0, 0.05) is 12.8 Å². The Labute approximate surface area is 443 Å². The second-order valence-corrected chi connectivity index (χ2v) is 22.1. The first-order valence-electron chi connectivity index (χ1n) is 32.1. The van der Waals surface area contributed by atoms with E-state index in [1.165, 1.54) is 270 Å². The van der Waals surface area contributed by atoms with Gasteiger partial charge in [-0.15, -0.1) is 0 Å². The summed E-state index contributed by atoms with van der Waals surface area (Å²) >= 11 is 0. The number of hydrogen-bond donors (Lipinski definition) is 3. The fourth-order valence-corrected chi connectivity index (χ4v) is 10.1. The highest BCUT2D eigenvalue weighted by Crippen LogP contribution is 2.18. The monoisotopic (exact) mass is 1000 g/mol. The number of amides is 1. The third-order valence-electron chi connectivity index (χ3n) is 15.0. The van der Waals surface area contributed by atoms with Gasteiger partial charge in [0.2, 0.25) is 5.91 Å². The normalized spacial score (nSPS) is 12.7. The van der Waals surface area contributed by atoms with E-state index in [4.69, 9.17) is 4.74 Å². The molecule has 0 heterocycles. The molecule has 0 radical (unpaired) electrons. The summed E-state index contributed by atoms with van der Waals surface area (Å²) in [6.45, 7) is 4.91. The Hall–Kier alpha value is -1.66. The van der Waals surface area contributed by atoms with Crippen LogP contribution < -0.4 is 5.32 Å². The minimum Gasteiger partial charge on any atom is -0.466 e. The van der Waals surface area contributed by atoms with Gasteiger partial charge >= 0.3 is 5.97 Å². The molecule has 0 aromatic rings. The first-order chi connectivity index (χ1) is 35.0. The molecule has 71 heavy (non-hydrogen) atoms. The lowest BCUT2D eigenvalue weighted by atomic mass is 10.0. The van der Waals surface area contributed by atoms with Crippen molar-refractivity contribution in [2.75, 3.05) is 13.2 Å². The van der Waals surface area contributed by atoms with Crippen LogP contribution in [0.4, 0.5) is 0 Å². The largest absolute Gasteiger partial charge is 0.466 e. The van der Waals surface area contributed by atoms with Gasteiger partial charge in [0.15, 0.2) is 0 Å². The number of ether oxygens (including phenoxy) is 1. The van der Waals surface area contributed by atoms with E-state index in [2.05, 4.69) is 43.5 Å². The molecular formula is C65H125NO5. The van der Waals surface area contributed by atoms with Gasteiger partial charge in [-0.1, -0.05) is 314 Å². The average Bonchev–Trinajstić information content (AvgIpc) is 3.37. The van der Waals surface area contributed by atoms with Gasteiger partial charge in [-0.25, -0.2) is 0 Å². The SMILES string of the molecule is CCC/C=C\C/C=C\CCCCCCCC(=O)OCCCCCCCCCCCCCCCCCCCCCCCCCCCCCC(=O)NC(CO)C(O)CCCCCCCCCCCCCCCC. The van der Waals surface area contributed by atoms with E-state index >= 15 is 0 Å². The maximum Gasteiger partial charge on any atom is 0.305 e. The molecule has 6 nitrogen and oxygen atoms in total. The number of aliphatic hydroxyl groups excluding tert-OH is 2. The van der Waals surface area contributed by atoms with Crippen LogP contribution in [0.15, 0.2) is 24.3 Å². The van der Waals surface area contributed by atoms with Crippen LogP contribution in [0, 0.1) is 0 Å². The van der Waals surface area contributed by atoms with E-state index in [1.807, 2.05) is 0 Å². The first kappa shape index (κ1) is 69.3. The molecule has 0 saturated heterocycles. The minimum atomic E-state index is -0.661. The summed E-state index contributed by atoms with van der Waals surface area (Å²) in [7, 11) is 0. The standard InChI is InChI=1S/C65H125NO5/c1-3-5-7-9-11-13-15-17-34-37-41-45-49-53-57-63(68)62(61-67)66-64(69)58-54-50-46-42-38-35-31-29-27-25-23-21-19-18-20-22-24-26-28-30-32-36-40-44-48-52-56-60-71-65(70)59-55-51-47-43-39-33-16-14-12-10-8-6-4-2/h8,10,14,16,62-63,67-68H,3-7,9,11-13,15,17-61H2,1-2H3,(H,66,69)/b10-8-,16-14-. The fourth-order valence-electron chi connectivity index (χ4n) is 10.1. The van der Waals surface area contributed by atoms with Crippen molar-refractivity contribution in [1.29, 1.82) is 0 Å². The Balaban J connectivity index is 3.34. The number of carbonyl (C=O) groups excluding carboxylic acids is 2. The highest BCUT2D eigenvalue weighted by molar-refractivity contribution is 5.76. The maximum atomic E-state index is 12.5. The second-order valence-electron chi connectivity index (χ2n) is 22.1. The zero-order valence-electron chi connectivity index (χ0n) is 48.0. The number of hydrogen-bond acceptors (Lipinski definition) is 5. The van der Waals surface area contributed by atoms with Crippen molar-refractivity contribution in [3.63, 3.8) is 0 Å². The van der Waals surface area contributed by atoms with E-state index in [1.54, 1.807) is 0 Å². The molecule has 0 bridgehead atoms. The van der Waals surface area contributed by atoms with Crippen LogP contribution in [0.3, 0.4) is 0 Å². The Kier molecular flexibility index (Phi) is 59.5. The lowest BCUT2D eigenvalue weighted by Gasteiger charge is -2.22. The summed E-state index contributed by atoms with van der Waals surface area (Å²) in [5.41, 5.74) is 0. The van der Waals surface area contributed by atoms with E-state index in [0.717, 1.165) is 51.4 Å². The molecule has 2 unspecified atom stereocenters. The Morgan fingerprint density at radius 2 is 0.732 bits per heavy atom. The number of allylic oxidation sites excluding steroid dienone is 4. The summed E-state index contributed by atoms with van der Waals surface area (Å²) in [4.78, 5) is 24.5. The molecule has 0 fully saturated rings. The van der Waals surface area contributed by atoms with Crippen LogP contribution in [-0.2, 0) is 14.3 Å². The van der Waals surface area contributed by atoms with Gasteiger partial charge in [0.25, 0.3) is 0 Å². The van der Waals surface area contributed by atoms with E-state index in [0.29, 0.717) is 25.9 Å². The number of nitrogens with one attached hydrogen (secondary N) is 1. The number of esters is 1. The van der Waals surface area contributed by atoms with Gasteiger partial charge in [0.05, 0.1) is 25.4 Å². The topological polar surface area (TPSA) is 95.9 Å². The molecule has 420 valence electrons. The third-order valence-corrected chi connectivity index (χ3v) is 15.0. The van der Waals surface area contributed by atoms with Crippen LogP contribution in [0.2, 0.25) is 0 Å². The smallest absolute Gasteiger partial charge is 0.305 e. The van der Waals surface area contributed by atoms with Crippen LogP contribution in [-0.4, -0.2) is 47.4 Å². The molecule has 0 spiro atoms. The highest BCUT2D eigenvalue weighted by Gasteiger charge is 2.20. The fraction of sp³-hybridized carbons (Fsp3) is 0.908. The van der Waals surface area contributed by atoms with Gasteiger partial charge in [0.1, 0.15) is 0 Å². The van der Waals surface area contributed by atoms with Crippen molar-refractivity contribution >= 4 is 11.9 Å². The van der Waals surface area contributed by atoms with Crippen molar-refractivity contribution in [2.24, 2.45) is 0 Å². The second kappa shape index (κ2) is 60.9. The zero-order chi connectivity index (χ0) is 51.4. The van der Waals surface area contributed by atoms with Crippen LogP contribution >= 0.6 is 0 Å². The molecule has 2 atom stereocenters. The first-order valence-corrected chi connectivity index (χ1v) is 32.1. The quantitative estimate of drug-likeness (QED) is 0.0320. The molecule has 0 aromatic heterocycles. The van der Waals surface area contributed by atoms with Crippen molar-refractivity contribution in [1.82, 2.24) is 5.32 Å². The van der Waals surface area contributed by atoms with Crippen LogP contribution in [0.1, 0.15) is 354 Å². The molecular weight excluding hydrogens is 875 g/mol. The Bertz CT molecular complexity index is 1110. The summed E-state index contributed by atoms with van der Waals surface area (Å²) in [5, 5.41) is 23.3. The lowest BCUT2D eigenvalue weighted by molar-refractivity contribution is -0.143. The third kappa shape index (κ3) is 57.5. The number of aliphatic hydroxyl groups is 2. The van der Waals surface area contributed by atoms with E-state index in [9.17, 15) is 19.8 Å². The predicted molar refractivity (Wildman–Crippen MR) is 310 cm³/mol. The van der Waals surface area contributed by atoms with Gasteiger partial charge in [-0.05, 0) is 51.4 Å². The molecule has 0 aliphatic rings. The summed E-state index contributed by atoms with van der Waals surface area (Å²) in [6.07, 6.45) is 74.9. The Morgan fingerprint density at radius 1 is 0.394 bits per heavy atom. The van der Waals surface area contributed by atoms with E-state index < -0.39 is 12.1 Å². The van der Waals surface area contributed by atoms with Crippen molar-refractivity contribution < 1.29 is 24.5 Å². The summed E-state index contributed by atoms with van der Waals surface area (Å²) in [5.74, 6) is -0.0274. The minimum absolute atomic E-state index is 0.00298. The van der Waals surface area contributed by atoms with Crippen molar-refractivity contribution in [3.05, 3.63) is 24.3 Å². The number of unbranched alkanes of at least 4 members (excludes halogenated alkanes) is 45.